The molecule has 4 heteroatoms. The normalized spacial score (nSPS) is 41.8. The van der Waals surface area contributed by atoms with Crippen molar-refractivity contribution in [1.82, 2.24) is 0 Å². The molecule has 1 saturated heterocycles. The van der Waals surface area contributed by atoms with Crippen molar-refractivity contribution in [3.8, 4) is 0 Å². The van der Waals surface area contributed by atoms with Gasteiger partial charge in [0.2, 0.25) is 0 Å². The predicted octanol–water partition coefficient (Wildman–Crippen LogP) is 2.12. The van der Waals surface area contributed by atoms with E-state index in [1.165, 1.54) is 6.92 Å². The molecule has 1 heterocycles. The van der Waals surface area contributed by atoms with E-state index in [0.29, 0.717) is 0 Å². The molecule has 14 heavy (non-hydrogen) atoms. The lowest BCUT2D eigenvalue weighted by atomic mass is 10.0. The third-order valence-corrected chi connectivity index (χ3v) is 2.72. The zero-order valence-corrected chi connectivity index (χ0v) is 8.87. The molecule has 1 aliphatic rings. The van der Waals surface area contributed by atoms with Gasteiger partial charge in [-0.3, -0.25) is 4.39 Å². The topological polar surface area (TPSA) is 18.5 Å². The molecule has 0 aromatic carbocycles. The highest BCUT2D eigenvalue weighted by atomic mass is 19.1. The smallest absolute Gasteiger partial charge is 0.124 e. The molecular formula is C10H18F2O2. The maximum Gasteiger partial charge on any atom is 0.124 e. The van der Waals surface area contributed by atoms with Crippen molar-refractivity contribution in [2.75, 3.05) is 13.3 Å². The summed E-state index contributed by atoms with van der Waals surface area (Å²) in [5.41, 5.74) is 0. The molecule has 5 unspecified atom stereocenters. The van der Waals surface area contributed by atoms with Crippen LogP contribution in [0.4, 0.5) is 8.78 Å². The van der Waals surface area contributed by atoms with Crippen molar-refractivity contribution in [2.45, 2.75) is 45.3 Å². The van der Waals surface area contributed by atoms with Gasteiger partial charge in [-0.05, 0) is 20.8 Å². The standard InChI is InChI=1S/C10H18F2O2/c1-6(12)10-9(4-11)5-13-7(2)8(3)14-10/h6-10H,4-5H2,1-3H3. The lowest BCUT2D eigenvalue weighted by molar-refractivity contribution is -0.0749. The molecule has 0 aromatic rings. The molecule has 2 nitrogen and oxygen atoms in total. The summed E-state index contributed by atoms with van der Waals surface area (Å²) in [6, 6.07) is 0. The Morgan fingerprint density at radius 1 is 1.36 bits per heavy atom. The molecule has 0 aliphatic carbocycles. The summed E-state index contributed by atoms with van der Waals surface area (Å²) in [7, 11) is 0. The second kappa shape index (κ2) is 5.03. The first kappa shape index (κ1) is 11.9. The van der Waals surface area contributed by atoms with E-state index < -0.39 is 24.9 Å². The second-order valence-electron chi connectivity index (χ2n) is 3.94. The largest absolute Gasteiger partial charge is 0.375 e. The van der Waals surface area contributed by atoms with Crippen LogP contribution in [-0.2, 0) is 9.47 Å². The Balaban J connectivity index is 2.68. The van der Waals surface area contributed by atoms with E-state index in [1.807, 2.05) is 13.8 Å². The van der Waals surface area contributed by atoms with Gasteiger partial charge in [0.1, 0.15) is 6.17 Å². The zero-order valence-electron chi connectivity index (χ0n) is 8.87. The van der Waals surface area contributed by atoms with E-state index in [0.717, 1.165) is 0 Å². The monoisotopic (exact) mass is 208 g/mol. The lowest BCUT2D eigenvalue weighted by Gasteiger charge is -2.25. The molecule has 0 aromatic heterocycles. The summed E-state index contributed by atoms with van der Waals surface area (Å²) >= 11 is 0. The average molecular weight is 208 g/mol. The Bertz CT molecular complexity index is 176. The molecule has 0 bridgehead atoms. The van der Waals surface area contributed by atoms with Crippen molar-refractivity contribution in [3.05, 3.63) is 0 Å². The van der Waals surface area contributed by atoms with E-state index in [1.54, 1.807) is 0 Å². The molecule has 0 saturated carbocycles. The van der Waals surface area contributed by atoms with Crippen LogP contribution in [0.25, 0.3) is 0 Å². The first-order valence-corrected chi connectivity index (χ1v) is 5.03. The van der Waals surface area contributed by atoms with Crippen LogP contribution in [0, 0.1) is 5.92 Å². The van der Waals surface area contributed by atoms with Crippen molar-refractivity contribution in [1.29, 1.82) is 0 Å². The fraction of sp³-hybridized carbons (Fsp3) is 1.00. The van der Waals surface area contributed by atoms with Gasteiger partial charge in [-0.1, -0.05) is 0 Å². The Morgan fingerprint density at radius 3 is 2.50 bits per heavy atom. The summed E-state index contributed by atoms with van der Waals surface area (Å²) in [4.78, 5) is 0. The third-order valence-electron chi connectivity index (χ3n) is 2.72. The minimum atomic E-state index is -1.16. The highest BCUT2D eigenvalue weighted by molar-refractivity contribution is 4.80. The number of halogens is 2. The van der Waals surface area contributed by atoms with Crippen molar-refractivity contribution in [3.63, 3.8) is 0 Å². The van der Waals surface area contributed by atoms with Crippen molar-refractivity contribution in [2.24, 2.45) is 5.92 Å². The van der Waals surface area contributed by atoms with Crippen LogP contribution >= 0.6 is 0 Å². The summed E-state index contributed by atoms with van der Waals surface area (Å²) in [6.07, 6.45) is -2.13. The maximum absolute atomic E-state index is 13.2. The van der Waals surface area contributed by atoms with Gasteiger partial charge >= 0.3 is 0 Å². The van der Waals surface area contributed by atoms with Gasteiger partial charge in [-0.25, -0.2) is 4.39 Å². The van der Waals surface area contributed by atoms with Gasteiger partial charge in [-0.2, -0.15) is 0 Å². The molecule has 0 amide bonds. The van der Waals surface area contributed by atoms with Crippen molar-refractivity contribution >= 4 is 0 Å². The summed E-state index contributed by atoms with van der Waals surface area (Å²) in [5.74, 6) is -0.484. The number of rotatable bonds is 2. The van der Waals surface area contributed by atoms with Crippen LogP contribution in [0.15, 0.2) is 0 Å². The Labute approximate surface area is 83.6 Å². The summed E-state index contributed by atoms with van der Waals surface area (Å²) < 4.78 is 36.6. The molecular weight excluding hydrogens is 190 g/mol. The first-order valence-electron chi connectivity index (χ1n) is 5.03. The van der Waals surface area contributed by atoms with E-state index >= 15 is 0 Å². The number of ether oxygens (including phenoxy) is 2. The van der Waals surface area contributed by atoms with Crippen LogP contribution in [-0.4, -0.2) is 37.8 Å². The van der Waals surface area contributed by atoms with Gasteiger partial charge in [0.15, 0.2) is 0 Å². The molecule has 0 N–H and O–H groups in total. The highest BCUT2D eigenvalue weighted by Crippen LogP contribution is 2.23. The molecule has 0 spiro atoms. The van der Waals surface area contributed by atoms with Crippen LogP contribution in [0.5, 0.6) is 0 Å². The van der Waals surface area contributed by atoms with Crippen LogP contribution in [0.3, 0.4) is 0 Å². The lowest BCUT2D eigenvalue weighted by Crippen LogP contribution is -2.36. The van der Waals surface area contributed by atoms with Gasteiger partial charge in [-0.15, -0.1) is 0 Å². The van der Waals surface area contributed by atoms with E-state index in [-0.39, 0.29) is 18.8 Å². The second-order valence-corrected chi connectivity index (χ2v) is 3.94. The molecule has 1 aliphatic heterocycles. The number of hydrogen-bond acceptors (Lipinski definition) is 2. The van der Waals surface area contributed by atoms with Crippen molar-refractivity contribution < 1.29 is 18.3 Å². The maximum atomic E-state index is 13.2. The predicted molar refractivity (Wildman–Crippen MR) is 49.8 cm³/mol. The highest BCUT2D eigenvalue weighted by Gasteiger charge is 2.34. The summed E-state index contributed by atoms with van der Waals surface area (Å²) in [5, 5.41) is 0. The quantitative estimate of drug-likeness (QED) is 0.692. The van der Waals surface area contributed by atoms with Gasteiger partial charge in [0.05, 0.1) is 31.6 Å². The van der Waals surface area contributed by atoms with E-state index in [9.17, 15) is 8.78 Å². The first-order chi connectivity index (χ1) is 6.56. The average Bonchev–Trinajstić information content (AvgIpc) is 2.28. The van der Waals surface area contributed by atoms with Crippen LogP contribution in [0.2, 0.25) is 0 Å². The Hall–Kier alpha value is -0.220. The molecule has 1 rings (SSSR count). The minimum Gasteiger partial charge on any atom is -0.375 e. The number of hydrogen-bond donors (Lipinski definition) is 0. The van der Waals surface area contributed by atoms with E-state index in [2.05, 4.69) is 0 Å². The van der Waals surface area contributed by atoms with Crippen LogP contribution in [0.1, 0.15) is 20.8 Å². The molecule has 5 atom stereocenters. The number of alkyl halides is 2. The SMILES string of the molecule is CC(F)C1OC(C)C(C)OCC1CF. The molecule has 1 fully saturated rings. The molecule has 84 valence electrons. The van der Waals surface area contributed by atoms with Crippen LogP contribution < -0.4 is 0 Å². The Kier molecular flexibility index (Phi) is 4.26. The van der Waals surface area contributed by atoms with Gasteiger partial charge in [0, 0.05) is 5.92 Å². The fourth-order valence-electron chi connectivity index (χ4n) is 1.59. The molecule has 0 radical (unpaired) electrons. The van der Waals surface area contributed by atoms with E-state index in [4.69, 9.17) is 9.47 Å². The summed E-state index contributed by atoms with van der Waals surface area (Å²) in [6.45, 7) is 4.71. The van der Waals surface area contributed by atoms with Gasteiger partial charge in [0.25, 0.3) is 0 Å². The minimum absolute atomic E-state index is 0.104. The van der Waals surface area contributed by atoms with Gasteiger partial charge < -0.3 is 9.47 Å². The fourth-order valence-corrected chi connectivity index (χ4v) is 1.59. The Morgan fingerprint density at radius 2 is 2.00 bits per heavy atom. The third kappa shape index (κ3) is 2.64. The zero-order chi connectivity index (χ0) is 10.7.